The Morgan fingerprint density at radius 3 is 2.82 bits per heavy atom. The molecular weight excluding hydrogens is 212 g/mol. The Bertz CT molecular complexity index is 187. The zero-order valence-corrected chi connectivity index (χ0v) is 11.7. The SMILES string of the molecule is CCCOC1CCCN(CCC(N)CCC)C1. The lowest BCUT2D eigenvalue weighted by molar-refractivity contribution is -0.000660. The summed E-state index contributed by atoms with van der Waals surface area (Å²) in [6, 6.07) is 0.386. The molecule has 0 amide bonds. The van der Waals surface area contributed by atoms with Crippen molar-refractivity contribution < 1.29 is 4.74 Å². The predicted octanol–water partition coefficient (Wildman–Crippen LogP) is 2.39. The average Bonchev–Trinajstić information content (AvgIpc) is 2.35. The number of rotatable bonds is 8. The van der Waals surface area contributed by atoms with E-state index in [-0.39, 0.29) is 0 Å². The summed E-state index contributed by atoms with van der Waals surface area (Å²) in [7, 11) is 0. The van der Waals surface area contributed by atoms with Gasteiger partial charge in [-0.25, -0.2) is 0 Å². The Hall–Kier alpha value is -0.120. The van der Waals surface area contributed by atoms with Crippen LogP contribution in [0, 0.1) is 0 Å². The van der Waals surface area contributed by atoms with Gasteiger partial charge in [0.05, 0.1) is 6.10 Å². The molecule has 0 bridgehead atoms. The van der Waals surface area contributed by atoms with Crippen LogP contribution in [0.1, 0.15) is 52.4 Å². The summed E-state index contributed by atoms with van der Waals surface area (Å²) in [6.45, 7) is 8.77. The average molecular weight is 242 g/mol. The minimum Gasteiger partial charge on any atom is -0.377 e. The molecule has 2 N–H and O–H groups in total. The normalized spacial score (nSPS) is 23.8. The number of hydrogen-bond acceptors (Lipinski definition) is 3. The Kier molecular flexibility index (Phi) is 7.82. The van der Waals surface area contributed by atoms with Crippen LogP contribution in [0.5, 0.6) is 0 Å². The number of hydrogen-bond donors (Lipinski definition) is 1. The van der Waals surface area contributed by atoms with E-state index in [1.165, 1.54) is 25.8 Å². The fourth-order valence-electron chi connectivity index (χ4n) is 2.50. The number of nitrogens with zero attached hydrogens (tertiary/aromatic N) is 1. The molecule has 0 aliphatic carbocycles. The minimum atomic E-state index is 0.386. The third kappa shape index (κ3) is 6.39. The summed E-state index contributed by atoms with van der Waals surface area (Å²) in [5.41, 5.74) is 6.06. The molecule has 0 aromatic heterocycles. The van der Waals surface area contributed by atoms with Gasteiger partial charge in [0.2, 0.25) is 0 Å². The second kappa shape index (κ2) is 8.90. The van der Waals surface area contributed by atoms with E-state index in [1.54, 1.807) is 0 Å². The van der Waals surface area contributed by atoms with Crippen molar-refractivity contribution >= 4 is 0 Å². The summed E-state index contributed by atoms with van der Waals surface area (Å²) >= 11 is 0. The van der Waals surface area contributed by atoms with Gasteiger partial charge in [0.25, 0.3) is 0 Å². The van der Waals surface area contributed by atoms with Crippen molar-refractivity contribution in [2.45, 2.75) is 64.5 Å². The van der Waals surface area contributed by atoms with Gasteiger partial charge in [-0.2, -0.15) is 0 Å². The Labute approximate surface area is 107 Å². The molecule has 0 saturated carbocycles. The van der Waals surface area contributed by atoms with Gasteiger partial charge in [-0.15, -0.1) is 0 Å². The quantitative estimate of drug-likeness (QED) is 0.710. The van der Waals surface area contributed by atoms with Gasteiger partial charge >= 0.3 is 0 Å². The third-order valence-corrected chi connectivity index (χ3v) is 3.50. The van der Waals surface area contributed by atoms with Gasteiger partial charge < -0.3 is 15.4 Å². The second-order valence-electron chi connectivity index (χ2n) is 5.27. The van der Waals surface area contributed by atoms with E-state index >= 15 is 0 Å². The Morgan fingerprint density at radius 1 is 1.29 bits per heavy atom. The van der Waals surface area contributed by atoms with E-state index in [0.717, 1.165) is 39.0 Å². The standard InChI is InChI=1S/C14H30N2O/c1-3-6-13(15)8-10-16-9-5-7-14(12-16)17-11-4-2/h13-14H,3-12,15H2,1-2H3. The number of ether oxygens (including phenoxy) is 1. The van der Waals surface area contributed by atoms with E-state index in [9.17, 15) is 0 Å². The van der Waals surface area contributed by atoms with Crippen LogP contribution >= 0.6 is 0 Å². The first kappa shape index (κ1) is 14.9. The van der Waals surface area contributed by atoms with Gasteiger partial charge in [-0.3, -0.25) is 0 Å². The van der Waals surface area contributed by atoms with E-state index < -0.39 is 0 Å². The van der Waals surface area contributed by atoms with Crippen molar-refractivity contribution in [3.63, 3.8) is 0 Å². The molecule has 102 valence electrons. The summed E-state index contributed by atoms with van der Waals surface area (Å²) in [5, 5.41) is 0. The zero-order chi connectivity index (χ0) is 12.5. The summed E-state index contributed by atoms with van der Waals surface area (Å²) in [5.74, 6) is 0. The van der Waals surface area contributed by atoms with Crippen molar-refractivity contribution in [3.8, 4) is 0 Å². The molecule has 0 spiro atoms. The maximum Gasteiger partial charge on any atom is 0.0702 e. The third-order valence-electron chi connectivity index (χ3n) is 3.50. The molecule has 17 heavy (non-hydrogen) atoms. The topological polar surface area (TPSA) is 38.5 Å². The highest BCUT2D eigenvalue weighted by molar-refractivity contribution is 4.74. The van der Waals surface area contributed by atoms with E-state index in [0.29, 0.717) is 12.1 Å². The lowest BCUT2D eigenvalue weighted by Crippen LogP contribution is -2.41. The number of likely N-dealkylation sites (tertiary alicyclic amines) is 1. The molecule has 0 radical (unpaired) electrons. The van der Waals surface area contributed by atoms with Gasteiger partial charge in [-0.1, -0.05) is 20.3 Å². The summed E-state index contributed by atoms with van der Waals surface area (Å²) < 4.78 is 5.84. The van der Waals surface area contributed by atoms with Crippen molar-refractivity contribution in [2.75, 3.05) is 26.2 Å². The van der Waals surface area contributed by atoms with Crippen LogP contribution in [0.2, 0.25) is 0 Å². The van der Waals surface area contributed by atoms with E-state index in [1.807, 2.05) is 0 Å². The van der Waals surface area contributed by atoms with Gasteiger partial charge in [0.1, 0.15) is 0 Å². The van der Waals surface area contributed by atoms with Gasteiger partial charge in [0.15, 0.2) is 0 Å². The van der Waals surface area contributed by atoms with Crippen molar-refractivity contribution in [2.24, 2.45) is 5.73 Å². The minimum absolute atomic E-state index is 0.386. The largest absolute Gasteiger partial charge is 0.377 e. The monoisotopic (exact) mass is 242 g/mol. The highest BCUT2D eigenvalue weighted by Crippen LogP contribution is 2.14. The van der Waals surface area contributed by atoms with Gasteiger partial charge in [0, 0.05) is 19.2 Å². The van der Waals surface area contributed by atoms with Crippen molar-refractivity contribution in [1.29, 1.82) is 0 Å². The predicted molar refractivity (Wildman–Crippen MR) is 73.2 cm³/mol. The molecule has 0 aromatic carbocycles. The molecule has 1 saturated heterocycles. The van der Waals surface area contributed by atoms with Crippen LogP contribution in [-0.2, 0) is 4.74 Å². The smallest absolute Gasteiger partial charge is 0.0702 e. The molecule has 2 unspecified atom stereocenters. The number of nitrogens with two attached hydrogens (primary N) is 1. The van der Waals surface area contributed by atoms with Crippen molar-refractivity contribution in [3.05, 3.63) is 0 Å². The van der Waals surface area contributed by atoms with Crippen LogP contribution in [0.15, 0.2) is 0 Å². The first-order chi connectivity index (χ1) is 8.26. The summed E-state index contributed by atoms with van der Waals surface area (Å²) in [6.07, 6.45) is 7.58. The number of piperidine rings is 1. The first-order valence-corrected chi connectivity index (χ1v) is 7.35. The zero-order valence-electron chi connectivity index (χ0n) is 11.7. The fraction of sp³-hybridized carbons (Fsp3) is 1.00. The maximum absolute atomic E-state index is 6.06. The van der Waals surface area contributed by atoms with E-state index in [4.69, 9.17) is 10.5 Å². The molecule has 1 aliphatic heterocycles. The lowest BCUT2D eigenvalue weighted by atomic mass is 10.1. The van der Waals surface area contributed by atoms with Crippen LogP contribution in [0.4, 0.5) is 0 Å². The van der Waals surface area contributed by atoms with Gasteiger partial charge in [-0.05, 0) is 45.2 Å². The molecule has 1 rings (SSSR count). The molecule has 2 atom stereocenters. The molecule has 1 fully saturated rings. The van der Waals surface area contributed by atoms with Crippen LogP contribution < -0.4 is 5.73 Å². The molecule has 1 heterocycles. The van der Waals surface area contributed by atoms with Crippen LogP contribution in [-0.4, -0.2) is 43.3 Å². The van der Waals surface area contributed by atoms with Crippen LogP contribution in [0.3, 0.4) is 0 Å². The molecule has 3 nitrogen and oxygen atoms in total. The highest BCUT2D eigenvalue weighted by Gasteiger charge is 2.20. The van der Waals surface area contributed by atoms with Crippen LogP contribution in [0.25, 0.3) is 0 Å². The van der Waals surface area contributed by atoms with E-state index in [2.05, 4.69) is 18.7 Å². The second-order valence-corrected chi connectivity index (χ2v) is 5.27. The lowest BCUT2D eigenvalue weighted by Gasteiger charge is -2.33. The first-order valence-electron chi connectivity index (χ1n) is 7.35. The Morgan fingerprint density at radius 2 is 2.12 bits per heavy atom. The summed E-state index contributed by atoms with van der Waals surface area (Å²) in [4.78, 5) is 2.53. The van der Waals surface area contributed by atoms with Crippen molar-refractivity contribution in [1.82, 2.24) is 4.90 Å². The molecule has 1 aliphatic rings. The highest BCUT2D eigenvalue weighted by atomic mass is 16.5. The molecule has 0 aromatic rings. The molecule has 3 heteroatoms. The fourth-order valence-corrected chi connectivity index (χ4v) is 2.50. The Balaban J connectivity index is 2.15. The maximum atomic E-state index is 6.06. The molecular formula is C14H30N2O.